The highest BCUT2D eigenvalue weighted by molar-refractivity contribution is 6.04. The van der Waals surface area contributed by atoms with Gasteiger partial charge >= 0.3 is 5.69 Å². The van der Waals surface area contributed by atoms with E-state index in [1.165, 1.54) is 4.57 Å². The van der Waals surface area contributed by atoms with E-state index in [1.807, 2.05) is 6.92 Å². The molecule has 1 aliphatic rings. The molecule has 0 radical (unpaired) electrons. The lowest BCUT2D eigenvalue weighted by molar-refractivity contribution is 0.276. The van der Waals surface area contributed by atoms with E-state index in [9.17, 15) is 14.3 Å². The van der Waals surface area contributed by atoms with Gasteiger partial charge in [-0.1, -0.05) is 0 Å². The van der Waals surface area contributed by atoms with E-state index in [1.54, 1.807) is 18.1 Å². The van der Waals surface area contributed by atoms with Crippen LogP contribution in [-0.4, -0.2) is 21.7 Å². The molecule has 2 N–H and O–H groups in total. The number of aromatic nitrogens is 2. The van der Waals surface area contributed by atoms with Crippen molar-refractivity contribution >= 4 is 22.4 Å². The lowest BCUT2D eigenvalue weighted by atomic mass is 10.1. The molecule has 0 bridgehead atoms. The lowest BCUT2D eigenvalue weighted by Crippen LogP contribution is -2.27. The molecule has 2 aromatic rings. The Morgan fingerprint density at radius 1 is 1.53 bits per heavy atom. The molecular weight excluding hydrogens is 251 g/mol. The number of hydrogen-bond acceptors (Lipinski definition) is 5. The van der Waals surface area contributed by atoms with Gasteiger partial charge in [0.05, 0.1) is 17.7 Å². The van der Waals surface area contributed by atoms with E-state index in [-0.39, 0.29) is 11.1 Å². The van der Waals surface area contributed by atoms with E-state index in [0.29, 0.717) is 23.4 Å². The first-order valence-electron chi connectivity index (χ1n) is 5.95. The number of aliphatic hydroxyl groups is 1. The molecule has 0 saturated carbocycles. The average Bonchev–Trinajstić information content (AvgIpc) is 2.71. The van der Waals surface area contributed by atoms with Crippen LogP contribution in [0.15, 0.2) is 10.9 Å². The highest BCUT2D eigenvalue weighted by Gasteiger charge is 2.26. The van der Waals surface area contributed by atoms with Gasteiger partial charge in [0.1, 0.15) is 11.3 Å². The predicted octanol–water partition coefficient (Wildman–Crippen LogP) is 0.824. The van der Waals surface area contributed by atoms with Crippen LogP contribution >= 0.6 is 0 Å². The number of aliphatic hydroxyl groups excluding tert-OH is 1. The van der Waals surface area contributed by atoms with Gasteiger partial charge in [-0.3, -0.25) is 15.0 Å². The fourth-order valence-electron chi connectivity index (χ4n) is 2.42. The Bertz CT molecular complexity index is 741. The van der Waals surface area contributed by atoms with Crippen LogP contribution in [0.3, 0.4) is 0 Å². The van der Waals surface area contributed by atoms with Crippen molar-refractivity contribution in [3.05, 3.63) is 27.9 Å². The third kappa shape index (κ3) is 1.45. The summed E-state index contributed by atoms with van der Waals surface area (Å²) in [5.74, 6) is -0.0988. The van der Waals surface area contributed by atoms with Gasteiger partial charge in [0.25, 0.3) is 0 Å². The third-order valence-electron chi connectivity index (χ3n) is 3.36. The smallest absolute Gasteiger partial charge is 0.349 e. The minimum absolute atomic E-state index is 0.00287. The SMILES string of the molecule is CCn1c2c3c(cc(CO)c(F)c3nc1=O)N(C)N2. The lowest BCUT2D eigenvalue weighted by Gasteiger charge is -2.14. The summed E-state index contributed by atoms with van der Waals surface area (Å²) in [5.41, 5.74) is 3.34. The van der Waals surface area contributed by atoms with Gasteiger partial charge in [0.2, 0.25) is 0 Å². The Labute approximate surface area is 108 Å². The quantitative estimate of drug-likeness (QED) is 0.840. The van der Waals surface area contributed by atoms with E-state index >= 15 is 0 Å². The van der Waals surface area contributed by atoms with Gasteiger partial charge in [0, 0.05) is 19.2 Å². The zero-order valence-corrected chi connectivity index (χ0v) is 10.6. The number of anilines is 2. The summed E-state index contributed by atoms with van der Waals surface area (Å²) in [6.45, 7) is 1.83. The Morgan fingerprint density at radius 3 is 2.89 bits per heavy atom. The third-order valence-corrected chi connectivity index (χ3v) is 3.36. The summed E-state index contributed by atoms with van der Waals surface area (Å²) in [5, 5.41) is 11.4. The van der Waals surface area contributed by atoms with Gasteiger partial charge in [-0.05, 0) is 13.0 Å². The van der Waals surface area contributed by atoms with E-state index < -0.39 is 18.1 Å². The van der Waals surface area contributed by atoms with Gasteiger partial charge in [-0.25, -0.2) is 9.18 Å². The summed E-state index contributed by atoms with van der Waals surface area (Å²) in [4.78, 5) is 15.7. The van der Waals surface area contributed by atoms with Crippen molar-refractivity contribution in [1.29, 1.82) is 0 Å². The van der Waals surface area contributed by atoms with Gasteiger partial charge in [-0.2, -0.15) is 4.98 Å². The molecule has 0 fully saturated rings. The largest absolute Gasteiger partial charge is 0.392 e. The maximum Gasteiger partial charge on any atom is 0.349 e. The second-order valence-corrected chi connectivity index (χ2v) is 4.41. The number of rotatable bonds is 2. The summed E-state index contributed by atoms with van der Waals surface area (Å²) < 4.78 is 15.6. The molecule has 6 nitrogen and oxygen atoms in total. The zero-order valence-electron chi connectivity index (χ0n) is 10.6. The summed E-state index contributed by atoms with van der Waals surface area (Å²) in [6, 6.07) is 1.56. The van der Waals surface area contributed by atoms with Gasteiger partial charge < -0.3 is 5.11 Å². The minimum Gasteiger partial charge on any atom is -0.392 e. The molecular formula is C12H13FN4O2. The van der Waals surface area contributed by atoms with Gasteiger partial charge in [0.15, 0.2) is 5.82 Å². The van der Waals surface area contributed by atoms with Crippen LogP contribution in [-0.2, 0) is 13.2 Å². The van der Waals surface area contributed by atoms with Crippen molar-refractivity contribution in [1.82, 2.24) is 9.55 Å². The minimum atomic E-state index is -0.639. The van der Waals surface area contributed by atoms with Crippen LogP contribution in [0.25, 0.3) is 10.9 Å². The number of halogens is 1. The standard InChI is InChI=1S/C12H13FN4O2/c1-3-17-11-8-7(16(2)15-11)4-6(5-18)9(13)10(8)14-12(17)19/h4,15,18H,3,5H2,1-2H3. The van der Waals surface area contributed by atoms with Crippen molar-refractivity contribution in [2.24, 2.45) is 0 Å². The Hall–Kier alpha value is -2.15. The van der Waals surface area contributed by atoms with E-state index in [2.05, 4.69) is 10.4 Å². The second kappa shape index (κ2) is 3.92. The average molecular weight is 264 g/mol. The molecule has 1 aliphatic heterocycles. The number of benzene rings is 1. The molecule has 19 heavy (non-hydrogen) atoms. The zero-order chi connectivity index (χ0) is 13.7. The molecule has 0 aliphatic carbocycles. The van der Waals surface area contributed by atoms with Crippen molar-refractivity contribution < 1.29 is 9.50 Å². The first kappa shape index (κ1) is 11.9. The van der Waals surface area contributed by atoms with Crippen LogP contribution in [0.5, 0.6) is 0 Å². The van der Waals surface area contributed by atoms with Crippen molar-refractivity contribution in [2.45, 2.75) is 20.1 Å². The molecule has 0 spiro atoms. The molecule has 0 unspecified atom stereocenters. The molecule has 0 amide bonds. The maximum atomic E-state index is 14.2. The van der Waals surface area contributed by atoms with Crippen LogP contribution in [0.2, 0.25) is 0 Å². The van der Waals surface area contributed by atoms with E-state index in [4.69, 9.17) is 0 Å². The molecule has 1 aromatic carbocycles. The molecule has 1 aromatic heterocycles. The van der Waals surface area contributed by atoms with Gasteiger partial charge in [-0.15, -0.1) is 0 Å². The summed E-state index contributed by atoms with van der Waals surface area (Å²) >= 11 is 0. The molecule has 3 rings (SSSR count). The first-order chi connectivity index (χ1) is 9.08. The monoisotopic (exact) mass is 264 g/mol. The van der Waals surface area contributed by atoms with E-state index in [0.717, 1.165) is 0 Å². The molecule has 0 atom stereocenters. The van der Waals surface area contributed by atoms with Crippen LogP contribution in [0.1, 0.15) is 12.5 Å². The number of hydrazine groups is 1. The topological polar surface area (TPSA) is 70.4 Å². The molecule has 0 saturated heterocycles. The number of nitrogens with one attached hydrogen (secondary N) is 1. The fraction of sp³-hybridized carbons (Fsp3) is 0.333. The van der Waals surface area contributed by atoms with Crippen molar-refractivity contribution in [3.63, 3.8) is 0 Å². The summed E-state index contributed by atoms with van der Waals surface area (Å²) in [7, 11) is 1.76. The molecule has 7 heteroatoms. The van der Waals surface area contributed by atoms with Crippen LogP contribution in [0.4, 0.5) is 15.9 Å². The Morgan fingerprint density at radius 2 is 2.26 bits per heavy atom. The highest BCUT2D eigenvalue weighted by Crippen LogP contribution is 2.38. The molecule has 100 valence electrons. The second-order valence-electron chi connectivity index (χ2n) is 4.41. The normalized spacial score (nSPS) is 13.2. The van der Waals surface area contributed by atoms with Crippen molar-refractivity contribution in [2.75, 3.05) is 17.5 Å². The highest BCUT2D eigenvalue weighted by atomic mass is 19.1. The predicted molar refractivity (Wildman–Crippen MR) is 69.6 cm³/mol. The van der Waals surface area contributed by atoms with Crippen molar-refractivity contribution in [3.8, 4) is 0 Å². The Balaban J connectivity index is 2.52. The number of nitrogens with zero attached hydrogens (tertiary/aromatic N) is 3. The first-order valence-corrected chi connectivity index (χ1v) is 5.95. The fourth-order valence-corrected chi connectivity index (χ4v) is 2.42. The van der Waals surface area contributed by atoms with Crippen LogP contribution in [0, 0.1) is 5.82 Å². The molecule has 2 heterocycles. The van der Waals surface area contributed by atoms with Crippen LogP contribution < -0.4 is 16.1 Å². The number of hydrogen-bond donors (Lipinski definition) is 2. The maximum absolute atomic E-state index is 14.2. The Kier molecular flexibility index (Phi) is 2.46. The summed E-state index contributed by atoms with van der Waals surface area (Å²) in [6.07, 6.45) is 0.